The van der Waals surface area contributed by atoms with Crippen LogP contribution >= 0.6 is 0 Å². The van der Waals surface area contributed by atoms with E-state index in [1.54, 1.807) is 42.5 Å². The first-order valence-corrected chi connectivity index (χ1v) is 10.7. The zero-order chi connectivity index (χ0) is 22.6. The fraction of sp³-hybridized carbons (Fsp3) is 0.269. The van der Waals surface area contributed by atoms with Gasteiger partial charge in [0.15, 0.2) is 0 Å². The van der Waals surface area contributed by atoms with Crippen LogP contribution in [0.3, 0.4) is 0 Å². The summed E-state index contributed by atoms with van der Waals surface area (Å²) in [5.74, 6) is 0.154. The number of hydrogen-bond donors (Lipinski definition) is 1. The molecule has 0 saturated carbocycles. The van der Waals surface area contributed by atoms with E-state index >= 15 is 0 Å². The average molecular weight is 430 g/mol. The zero-order valence-corrected chi connectivity index (χ0v) is 18.2. The Morgan fingerprint density at radius 1 is 1.09 bits per heavy atom. The van der Waals surface area contributed by atoms with Gasteiger partial charge in [-0.25, -0.2) is 0 Å². The Hall–Kier alpha value is -3.67. The first-order valence-electron chi connectivity index (χ1n) is 10.7. The number of methoxy groups -OCH3 is 1. The van der Waals surface area contributed by atoms with Crippen LogP contribution in [0.1, 0.15) is 28.8 Å². The number of rotatable bonds is 6. The number of carbonyl (C=O) groups excluding carboxylic acids is 2. The van der Waals surface area contributed by atoms with Crippen molar-refractivity contribution < 1.29 is 14.3 Å². The molecule has 6 heteroatoms. The summed E-state index contributed by atoms with van der Waals surface area (Å²) in [7, 11) is 1.57. The number of carbonyl (C=O) groups is 2. The van der Waals surface area contributed by atoms with Crippen LogP contribution in [0.2, 0.25) is 0 Å². The molecule has 1 aliphatic heterocycles. The Morgan fingerprint density at radius 2 is 1.91 bits per heavy atom. The number of amides is 2. The van der Waals surface area contributed by atoms with Gasteiger partial charge in [0.05, 0.1) is 12.5 Å². The summed E-state index contributed by atoms with van der Waals surface area (Å²) in [6.45, 7) is 0.910. The smallest absolute Gasteiger partial charge is 0.254 e. The number of piperidine rings is 1. The molecule has 3 aromatic rings. The standard InChI is InChI=1S/C26H27N3O3/c1-32-23-7-2-5-21(15-23)24(30)29-14-4-12-26(18-29,25(27)31)16-19-8-10-20(11-9-19)22-6-3-13-28-17-22/h2-3,5-11,13,15,17H,4,12,14,16,18H2,1H3,(H2,27,31)/t26-/m1/s1. The lowest BCUT2D eigenvalue weighted by Gasteiger charge is -2.41. The van der Waals surface area contributed by atoms with Crippen molar-refractivity contribution >= 4 is 11.8 Å². The van der Waals surface area contributed by atoms with Gasteiger partial charge in [-0.2, -0.15) is 0 Å². The van der Waals surface area contributed by atoms with Crippen molar-refractivity contribution in [1.82, 2.24) is 9.88 Å². The van der Waals surface area contributed by atoms with E-state index in [2.05, 4.69) is 4.98 Å². The topological polar surface area (TPSA) is 85.5 Å². The number of likely N-dealkylation sites (tertiary alicyclic amines) is 1. The first kappa shape index (κ1) is 21.6. The molecular formula is C26H27N3O3. The maximum atomic E-state index is 13.1. The second kappa shape index (κ2) is 9.22. The normalized spacial score (nSPS) is 18.2. The maximum absolute atomic E-state index is 13.1. The fourth-order valence-electron chi connectivity index (χ4n) is 4.42. The van der Waals surface area contributed by atoms with Gasteiger partial charge in [0.1, 0.15) is 5.75 Å². The third kappa shape index (κ3) is 4.49. The van der Waals surface area contributed by atoms with Gasteiger partial charge in [-0.3, -0.25) is 14.6 Å². The van der Waals surface area contributed by atoms with Gasteiger partial charge in [0.25, 0.3) is 5.91 Å². The number of benzene rings is 2. The molecule has 32 heavy (non-hydrogen) atoms. The zero-order valence-electron chi connectivity index (χ0n) is 18.2. The molecule has 1 aliphatic rings. The Bertz CT molecular complexity index is 1100. The largest absolute Gasteiger partial charge is 0.497 e. The lowest BCUT2D eigenvalue weighted by atomic mass is 9.74. The second-order valence-corrected chi connectivity index (χ2v) is 8.32. The van der Waals surface area contributed by atoms with Crippen LogP contribution in [-0.4, -0.2) is 41.9 Å². The summed E-state index contributed by atoms with van der Waals surface area (Å²) in [6.07, 6.45) is 5.46. The number of pyridine rings is 1. The SMILES string of the molecule is COc1cccc(C(=O)N2CCC[C@](Cc3ccc(-c4cccnc4)cc3)(C(N)=O)C2)c1. The quantitative estimate of drug-likeness (QED) is 0.647. The van der Waals surface area contributed by atoms with E-state index in [1.807, 2.05) is 42.6 Å². The minimum absolute atomic E-state index is 0.110. The summed E-state index contributed by atoms with van der Waals surface area (Å²) in [5, 5.41) is 0. The number of primary amides is 1. The van der Waals surface area contributed by atoms with Crippen molar-refractivity contribution in [2.45, 2.75) is 19.3 Å². The van der Waals surface area contributed by atoms with Crippen molar-refractivity contribution in [3.05, 3.63) is 84.2 Å². The molecule has 0 unspecified atom stereocenters. The Labute approximate surface area is 188 Å². The summed E-state index contributed by atoms with van der Waals surface area (Å²) in [6, 6.07) is 19.1. The number of nitrogens with zero attached hydrogens (tertiary/aromatic N) is 2. The van der Waals surface area contributed by atoms with Gasteiger partial charge in [-0.1, -0.05) is 36.4 Å². The van der Waals surface area contributed by atoms with Crippen LogP contribution in [0.5, 0.6) is 5.75 Å². The molecule has 2 heterocycles. The molecular weight excluding hydrogens is 402 g/mol. The van der Waals surface area contributed by atoms with Crippen molar-refractivity contribution in [2.75, 3.05) is 20.2 Å². The molecule has 2 N–H and O–H groups in total. The predicted octanol–water partition coefficient (Wildman–Crippen LogP) is 3.71. The lowest BCUT2D eigenvalue weighted by molar-refractivity contribution is -0.130. The number of aromatic nitrogens is 1. The van der Waals surface area contributed by atoms with Gasteiger partial charge in [0, 0.05) is 31.0 Å². The highest BCUT2D eigenvalue weighted by molar-refractivity contribution is 5.95. The molecule has 0 bridgehead atoms. The first-order chi connectivity index (χ1) is 15.5. The van der Waals surface area contributed by atoms with E-state index in [0.717, 1.165) is 23.1 Å². The Kier molecular flexibility index (Phi) is 6.21. The van der Waals surface area contributed by atoms with Crippen molar-refractivity contribution in [2.24, 2.45) is 11.1 Å². The molecule has 1 saturated heterocycles. The monoisotopic (exact) mass is 429 g/mol. The molecule has 164 valence electrons. The van der Waals surface area contributed by atoms with E-state index in [-0.39, 0.29) is 11.8 Å². The highest BCUT2D eigenvalue weighted by Crippen LogP contribution is 2.35. The summed E-state index contributed by atoms with van der Waals surface area (Å²) >= 11 is 0. The highest BCUT2D eigenvalue weighted by atomic mass is 16.5. The summed E-state index contributed by atoms with van der Waals surface area (Å²) in [4.78, 5) is 31.7. The molecule has 1 atom stereocenters. The third-order valence-corrected chi connectivity index (χ3v) is 6.19. The summed E-state index contributed by atoms with van der Waals surface area (Å²) < 4.78 is 5.24. The minimum atomic E-state index is -0.789. The van der Waals surface area contributed by atoms with Crippen LogP contribution in [0.25, 0.3) is 11.1 Å². The molecule has 0 radical (unpaired) electrons. The van der Waals surface area contributed by atoms with Gasteiger partial charge in [-0.15, -0.1) is 0 Å². The third-order valence-electron chi connectivity index (χ3n) is 6.19. The molecule has 0 spiro atoms. The van der Waals surface area contributed by atoms with Gasteiger partial charge >= 0.3 is 0 Å². The Morgan fingerprint density at radius 3 is 2.59 bits per heavy atom. The average Bonchev–Trinajstić information content (AvgIpc) is 2.84. The van der Waals surface area contributed by atoms with E-state index in [9.17, 15) is 9.59 Å². The van der Waals surface area contributed by atoms with Crippen LogP contribution in [-0.2, 0) is 11.2 Å². The van der Waals surface area contributed by atoms with Gasteiger partial charge < -0.3 is 15.4 Å². The molecule has 0 aliphatic carbocycles. The molecule has 1 aromatic heterocycles. The van der Waals surface area contributed by atoms with Crippen LogP contribution in [0, 0.1) is 5.41 Å². The van der Waals surface area contributed by atoms with E-state index < -0.39 is 5.41 Å². The van der Waals surface area contributed by atoms with Crippen molar-refractivity contribution in [3.63, 3.8) is 0 Å². The number of nitrogens with two attached hydrogens (primary N) is 1. The molecule has 1 fully saturated rings. The van der Waals surface area contributed by atoms with Crippen LogP contribution in [0.4, 0.5) is 0 Å². The fourth-order valence-corrected chi connectivity index (χ4v) is 4.42. The van der Waals surface area contributed by atoms with Crippen molar-refractivity contribution in [3.8, 4) is 16.9 Å². The number of hydrogen-bond acceptors (Lipinski definition) is 4. The van der Waals surface area contributed by atoms with Crippen molar-refractivity contribution in [1.29, 1.82) is 0 Å². The molecule has 2 aromatic carbocycles. The maximum Gasteiger partial charge on any atom is 0.254 e. The van der Waals surface area contributed by atoms with Crippen LogP contribution < -0.4 is 10.5 Å². The summed E-state index contributed by atoms with van der Waals surface area (Å²) in [5.41, 5.74) is 8.79. The predicted molar refractivity (Wildman–Crippen MR) is 123 cm³/mol. The van der Waals surface area contributed by atoms with Gasteiger partial charge in [-0.05, 0) is 60.2 Å². The minimum Gasteiger partial charge on any atom is -0.497 e. The second-order valence-electron chi connectivity index (χ2n) is 8.32. The molecule has 2 amide bonds. The van der Waals surface area contributed by atoms with Crippen LogP contribution in [0.15, 0.2) is 73.1 Å². The van der Waals surface area contributed by atoms with Gasteiger partial charge in [0.2, 0.25) is 5.91 Å². The lowest BCUT2D eigenvalue weighted by Crippen LogP contribution is -2.53. The molecule has 4 rings (SSSR count). The van der Waals surface area contributed by atoms with E-state index in [1.165, 1.54) is 0 Å². The molecule has 6 nitrogen and oxygen atoms in total. The highest BCUT2D eigenvalue weighted by Gasteiger charge is 2.42. The van der Waals surface area contributed by atoms with E-state index in [4.69, 9.17) is 10.5 Å². The van der Waals surface area contributed by atoms with E-state index in [0.29, 0.717) is 37.2 Å². The Balaban J connectivity index is 1.54. The number of ether oxygens (including phenoxy) is 1.